The van der Waals surface area contributed by atoms with Gasteiger partial charge < -0.3 is 4.74 Å². The number of hydrogen-bond acceptors (Lipinski definition) is 4. The molecule has 5 heteroatoms. The fourth-order valence-corrected chi connectivity index (χ4v) is 0.269. The van der Waals surface area contributed by atoms with E-state index < -0.39 is 11.8 Å². The summed E-state index contributed by atoms with van der Waals surface area (Å²) in [5.41, 5.74) is 0. The van der Waals surface area contributed by atoms with Crippen LogP contribution < -0.4 is 0 Å². The molecule has 0 N–H and O–H groups in total. The van der Waals surface area contributed by atoms with Crippen molar-refractivity contribution in [3.63, 3.8) is 0 Å². The van der Waals surface area contributed by atoms with Crippen LogP contribution in [0.5, 0.6) is 0 Å². The predicted octanol–water partition coefficient (Wildman–Crippen LogP) is -0.295. The van der Waals surface area contributed by atoms with Crippen molar-refractivity contribution in [2.24, 2.45) is 0 Å². The first-order valence-corrected chi connectivity index (χ1v) is 2.71. The summed E-state index contributed by atoms with van der Waals surface area (Å²) in [5, 5.41) is 0. The molecule has 0 aromatic rings. The fourth-order valence-electron chi connectivity index (χ4n) is 0.269. The van der Waals surface area contributed by atoms with Crippen LogP contribution in [0.2, 0.25) is 0 Å². The summed E-state index contributed by atoms with van der Waals surface area (Å²) in [7, 11) is 0. The molecular weight excluding hydrogens is 191 g/mol. The first kappa shape index (κ1) is 13.0. The van der Waals surface area contributed by atoms with E-state index in [9.17, 15) is 14.4 Å². The first-order chi connectivity index (χ1) is 4.54. The molecule has 0 aromatic carbocycles. The van der Waals surface area contributed by atoms with Crippen molar-refractivity contribution in [2.75, 3.05) is 6.61 Å². The van der Waals surface area contributed by atoms with Crippen molar-refractivity contribution >= 4 is 17.5 Å². The number of Topliss-reactive ketones (excluding diaryl/α,β-unsaturated/α-hetero) is 2. The Morgan fingerprint density at radius 3 is 1.91 bits per heavy atom. The van der Waals surface area contributed by atoms with E-state index in [4.69, 9.17) is 0 Å². The van der Waals surface area contributed by atoms with Gasteiger partial charge in [-0.25, -0.2) is 4.79 Å². The third-order valence-electron chi connectivity index (χ3n) is 0.694. The molecular formula is C6H8MnO4+2. The van der Waals surface area contributed by atoms with Crippen molar-refractivity contribution in [1.29, 1.82) is 0 Å². The van der Waals surface area contributed by atoms with Gasteiger partial charge in [-0.2, -0.15) is 0 Å². The van der Waals surface area contributed by atoms with E-state index in [-0.39, 0.29) is 29.5 Å². The van der Waals surface area contributed by atoms with Gasteiger partial charge in [-0.05, 0) is 6.92 Å². The molecule has 0 aliphatic rings. The van der Waals surface area contributed by atoms with Crippen molar-refractivity contribution in [2.45, 2.75) is 13.8 Å². The summed E-state index contributed by atoms with van der Waals surface area (Å²) in [5.74, 6) is -1.94. The molecule has 0 spiro atoms. The van der Waals surface area contributed by atoms with Gasteiger partial charge in [0.1, 0.15) is 6.61 Å². The summed E-state index contributed by atoms with van der Waals surface area (Å²) in [6.45, 7) is 2.04. The maximum atomic E-state index is 10.3. The molecule has 0 bridgehead atoms. The SMILES string of the molecule is CC(=O)COC(=O)C(C)=O.[Mn+2]. The van der Waals surface area contributed by atoms with Gasteiger partial charge in [-0.15, -0.1) is 0 Å². The largest absolute Gasteiger partial charge is 2.00 e. The smallest absolute Gasteiger partial charge is 0.452 e. The maximum absolute atomic E-state index is 10.3. The Bertz CT molecular complexity index is 175. The van der Waals surface area contributed by atoms with E-state index >= 15 is 0 Å². The number of carbonyl (C=O) groups is 3. The van der Waals surface area contributed by atoms with Crippen LogP contribution in [0, 0.1) is 0 Å². The van der Waals surface area contributed by atoms with E-state index in [1.54, 1.807) is 0 Å². The molecule has 4 nitrogen and oxygen atoms in total. The van der Waals surface area contributed by atoms with E-state index in [0.29, 0.717) is 0 Å². The molecule has 1 radical (unpaired) electrons. The molecule has 61 valence electrons. The zero-order chi connectivity index (χ0) is 8.15. The summed E-state index contributed by atoms with van der Waals surface area (Å²) in [6, 6.07) is 0. The molecule has 11 heavy (non-hydrogen) atoms. The number of carbonyl (C=O) groups excluding carboxylic acids is 3. The molecule has 0 rings (SSSR count). The zero-order valence-electron chi connectivity index (χ0n) is 6.22. The Balaban J connectivity index is 0. The first-order valence-electron chi connectivity index (χ1n) is 2.71. The summed E-state index contributed by atoms with van der Waals surface area (Å²) >= 11 is 0. The molecule has 0 saturated heterocycles. The van der Waals surface area contributed by atoms with Gasteiger partial charge in [0.05, 0.1) is 0 Å². The van der Waals surface area contributed by atoms with Crippen LogP contribution >= 0.6 is 0 Å². The van der Waals surface area contributed by atoms with E-state index in [2.05, 4.69) is 4.74 Å². The average molecular weight is 199 g/mol. The summed E-state index contributed by atoms with van der Waals surface area (Å²) in [6.07, 6.45) is 0. The van der Waals surface area contributed by atoms with Crippen molar-refractivity contribution in [3.05, 3.63) is 0 Å². The van der Waals surface area contributed by atoms with Gasteiger partial charge >= 0.3 is 23.0 Å². The Morgan fingerprint density at radius 1 is 1.18 bits per heavy atom. The minimum atomic E-state index is -0.963. The molecule has 0 aliphatic carbocycles. The van der Waals surface area contributed by atoms with E-state index in [1.807, 2.05) is 0 Å². The molecule has 0 unspecified atom stereocenters. The molecule has 0 heterocycles. The number of ketones is 2. The van der Waals surface area contributed by atoms with Gasteiger partial charge in [-0.3, -0.25) is 9.59 Å². The molecule has 0 aliphatic heterocycles. The third-order valence-corrected chi connectivity index (χ3v) is 0.694. The van der Waals surface area contributed by atoms with Crippen LogP contribution in [0.4, 0.5) is 0 Å². The summed E-state index contributed by atoms with van der Waals surface area (Å²) in [4.78, 5) is 30.7. The van der Waals surface area contributed by atoms with Gasteiger partial charge in [0.15, 0.2) is 5.78 Å². The van der Waals surface area contributed by atoms with Crippen LogP contribution in [-0.2, 0) is 36.2 Å². The van der Waals surface area contributed by atoms with E-state index in [1.165, 1.54) is 6.92 Å². The normalized spacial score (nSPS) is 7.82. The van der Waals surface area contributed by atoms with E-state index in [0.717, 1.165) is 6.92 Å². The van der Waals surface area contributed by atoms with Gasteiger partial charge in [0.25, 0.3) is 0 Å². The second-order valence-electron chi connectivity index (χ2n) is 1.83. The molecule has 0 aromatic heterocycles. The molecule has 0 atom stereocenters. The number of esters is 1. The number of ether oxygens (including phenoxy) is 1. The van der Waals surface area contributed by atoms with Crippen molar-refractivity contribution in [1.82, 2.24) is 0 Å². The molecule has 0 amide bonds. The van der Waals surface area contributed by atoms with Crippen LogP contribution in [0.15, 0.2) is 0 Å². The Kier molecular flexibility index (Phi) is 7.15. The van der Waals surface area contributed by atoms with Gasteiger partial charge in [0.2, 0.25) is 5.78 Å². The minimum Gasteiger partial charge on any atom is -0.452 e. The molecule has 0 saturated carbocycles. The molecule has 0 fully saturated rings. The Labute approximate surface area is 74.8 Å². The second kappa shape index (κ2) is 6.07. The Hall–Kier alpha value is -0.671. The summed E-state index contributed by atoms with van der Waals surface area (Å²) < 4.78 is 4.23. The van der Waals surface area contributed by atoms with Crippen LogP contribution in [-0.4, -0.2) is 24.1 Å². The topological polar surface area (TPSA) is 60.4 Å². The standard InChI is InChI=1S/C6H8O4.Mn/c1-4(7)3-10-6(9)5(2)8;/h3H2,1-2H3;/q;+2. The minimum absolute atomic E-state index is 0. The second-order valence-corrected chi connectivity index (χ2v) is 1.83. The zero-order valence-corrected chi connectivity index (χ0v) is 7.40. The van der Waals surface area contributed by atoms with Crippen molar-refractivity contribution < 1.29 is 36.2 Å². The van der Waals surface area contributed by atoms with Crippen molar-refractivity contribution in [3.8, 4) is 0 Å². The fraction of sp³-hybridized carbons (Fsp3) is 0.500. The number of hydrogen-bond donors (Lipinski definition) is 0. The van der Waals surface area contributed by atoms with Crippen LogP contribution in [0.1, 0.15) is 13.8 Å². The Morgan fingerprint density at radius 2 is 1.64 bits per heavy atom. The van der Waals surface area contributed by atoms with Crippen LogP contribution in [0.25, 0.3) is 0 Å². The quantitative estimate of drug-likeness (QED) is 0.356. The predicted molar refractivity (Wildman–Crippen MR) is 32.3 cm³/mol. The maximum Gasteiger partial charge on any atom is 2.00 e. The number of rotatable bonds is 3. The average Bonchev–Trinajstić information content (AvgIpc) is 1.82. The monoisotopic (exact) mass is 199 g/mol. The van der Waals surface area contributed by atoms with Crippen LogP contribution in [0.3, 0.4) is 0 Å². The van der Waals surface area contributed by atoms with Gasteiger partial charge in [-0.1, -0.05) is 0 Å². The third kappa shape index (κ3) is 7.22. The van der Waals surface area contributed by atoms with Gasteiger partial charge in [0, 0.05) is 6.92 Å².